The van der Waals surface area contributed by atoms with Crippen molar-refractivity contribution in [3.63, 3.8) is 0 Å². The van der Waals surface area contributed by atoms with Gasteiger partial charge < -0.3 is 15.5 Å². The van der Waals surface area contributed by atoms with Crippen LogP contribution in [-0.2, 0) is 16.0 Å². The van der Waals surface area contributed by atoms with Crippen LogP contribution in [-0.4, -0.2) is 40.5 Å². The number of carboxylic acids is 1. The summed E-state index contributed by atoms with van der Waals surface area (Å²) >= 11 is 1.72. The second-order valence-corrected chi connectivity index (χ2v) is 5.56. The molecule has 6 heteroatoms. The third-order valence-corrected chi connectivity index (χ3v) is 3.54. The van der Waals surface area contributed by atoms with Crippen molar-refractivity contribution in [3.05, 3.63) is 29.8 Å². The molecule has 1 aromatic carbocycles. The van der Waals surface area contributed by atoms with Gasteiger partial charge in [-0.15, -0.1) is 11.8 Å². The number of carbonyl (C=O) groups excluding carboxylic acids is 1. The summed E-state index contributed by atoms with van der Waals surface area (Å²) < 4.78 is 0. The summed E-state index contributed by atoms with van der Waals surface area (Å²) in [5, 5.41) is 20.0. The minimum Gasteiger partial charge on any atom is -0.480 e. The van der Waals surface area contributed by atoms with Gasteiger partial charge in [0.25, 0.3) is 0 Å². The number of aliphatic hydroxyl groups excluding tert-OH is 1. The molecule has 1 aromatic rings. The van der Waals surface area contributed by atoms with Gasteiger partial charge in [0.05, 0.1) is 6.42 Å². The van der Waals surface area contributed by atoms with E-state index in [1.807, 2.05) is 24.3 Å². The minimum absolute atomic E-state index is 0.00709. The summed E-state index contributed by atoms with van der Waals surface area (Å²) in [5.41, 5.74) is 0.830. The topological polar surface area (TPSA) is 86.6 Å². The SMILES string of the molecule is CCSc1ccc(CC(=O)NC(CCO)C(=O)O)cc1. The molecule has 20 heavy (non-hydrogen) atoms. The molecule has 0 fully saturated rings. The normalized spacial score (nSPS) is 11.9. The summed E-state index contributed by atoms with van der Waals surface area (Å²) in [4.78, 5) is 23.8. The number of nitrogens with one attached hydrogen (secondary N) is 1. The highest BCUT2D eigenvalue weighted by atomic mass is 32.2. The summed E-state index contributed by atoms with van der Waals surface area (Å²) in [6.07, 6.45) is 0.138. The van der Waals surface area contributed by atoms with Gasteiger partial charge in [-0.05, 0) is 23.4 Å². The van der Waals surface area contributed by atoms with Gasteiger partial charge in [0, 0.05) is 17.9 Å². The van der Waals surface area contributed by atoms with Gasteiger partial charge in [-0.2, -0.15) is 0 Å². The van der Waals surface area contributed by atoms with Gasteiger partial charge in [-0.25, -0.2) is 4.79 Å². The van der Waals surface area contributed by atoms with Crippen molar-refractivity contribution in [2.75, 3.05) is 12.4 Å². The number of carbonyl (C=O) groups is 2. The van der Waals surface area contributed by atoms with E-state index in [1.165, 1.54) is 0 Å². The largest absolute Gasteiger partial charge is 0.480 e. The van der Waals surface area contributed by atoms with Crippen LogP contribution < -0.4 is 5.32 Å². The molecule has 0 aliphatic carbocycles. The number of benzene rings is 1. The van der Waals surface area contributed by atoms with Crippen molar-refractivity contribution in [3.8, 4) is 0 Å². The highest BCUT2D eigenvalue weighted by molar-refractivity contribution is 7.99. The van der Waals surface area contributed by atoms with Gasteiger partial charge in [0.2, 0.25) is 5.91 Å². The fourth-order valence-electron chi connectivity index (χ4n) is 1.69. The molecular formula is C14H19NO4S. The molecule has 0 saturated carbocycles. The molecule has 0 heterocycles. The van der Waals surface area contributed by atoms with Crippen LogP contribution in [0.2, 0.25) is 0 Å². The quantitative estimate of drug-likeness (QED) is 0.630. The van der Waals surface area contributed by atoms with Crippen molar-refractivity contribution < 1.29 is 19.8 Å². The lowest BCUT2D eigenvalue weighted by atomic mass is 10.1. The molecule has 1 rings (SSSR count). The van der Waals surface area contributed by atoms with Crippen LogP contribution in [0.1, 0.15) is 18.9 Å². The second-order valence-electron chi connectivity index (χ2n) is 4.22. The van der Waals surface area contributed by atoms with E-state index in [2.05, 4.69) is 12.2 Å². The Hall–Kier alpha value is -1.53. The Balaban J connectivity index is 2.54. The van der Waals surface area contributed by atoms with Crippen molar-refractivity contribution in [1.82, 2.24) is 5.32 Å². The van der Waals surface area contributed by atoms with Gasteiger partial charge in [-0.1, -0.05) is 19.1 Å². The van der Waals surface area contributed by atoms with E-state index in [0.717, 1.165) is 16.2 Å². The molecular weight excluding hydrogens is 278 g/mol. The zero-order chi connectivity index (χ0) is 15.0. The van der Waals surface area contributed by atoms with E-state index >= 15 is 0 Å². The van der Waals surface area contributed by atoms with Crippen LogP contribution in [0.15, 0.2) is 29.2 Å². The Morgan fingerprint density at radius 3 is 2.45 bits per heavy atom. The van der Waals surface area contributed by atoms with E-state index < -0.39 is 12.0 Å². The molecule has 0 aliphatic heterocycles. The first-order chi connectivity index (χ1) is 9.56. The maximum absolute atomic E-state index is 11.8. The summed E-state index contributed by atoms with van der Waals surface area (Å²) in [5.74, 6) is -0.509. The minimum atomic E-state index is -1.14. The highest BCUT2D eigenvalue weighted by Gasteiger charge is 2.19. The highest BCUT2D eigenvalue weighted by Crippen LogP contribution is 2.17. The molecule has 1 unspecified atom stereocenters. The molecule has 0 radical (unpaired) electrons. The molecule has 0 saturated heterocycles. The van der Waals surface area contributed by atoms with Crippen LogP contribution >= 0.6 is 11.8 Å². The molecule has 5 nitrogen and oxygen atoms in total. The summed E-state index contributed by atoms with van der Waals surface area (Å²) in [7, 11) is 0. The predicted molar refractivity (Wildman–Crippen MR) is 77.8 cm³/mol. The Morgan fingerprint density at radius 2 is 1.95 bits per heavy atom. The zero-order valence-corrected chi connectivity index (χ0v) is 12.2. The van der Waals surface area contributed by atoms with Crippen LogP contribution in [0.3, 0.4) is 0 Å². The lowest BCUT2D eigenvalue weighted by molar-refractivity contribution is -0.142. The van der Waals surface area contributed by atoms with Crippen LogP contribution in [0.5, 0.6) is 0 Å². The van der Waals surface area contributed by atoms with E-state index in [4.69, 9.17) is 10.2 Å². The van der Waals surface area contributed by atoms with Crippen LogP contribution in [0.25, 0.3) is 0 Å². The summed E-state index contributed by atoms with van der Waals surface area (Å²) in [6.45, 7) is 1.79. The fraction of sp³-hybridized carbons (Fsp3) is 0.429. The lowest BCUT2D eigenvalue weighted by Crippen LogP contribution is -2.42. The number of aliphatic hydroxyl groups is 1. The average molecular weight is 297 g/mol. The maximum Gasteiger partial charge on any atom is 0.326 e. The lowest BCUT2D eigenvalue weighted by Gasteiger charge is -2.13. The fourth-order valence-corrected chi connectivity index (χ4v) is 2.35. The third-order valence-electron chi connectivity index (χ3n) is 2.65. The van der Waals surface area contributed by atoms with E-state index in [0.29, 0.717) is 0 Å². The molecule has 110 valence electrons. The molecule has 0 spiro atoms. The Kier molecular flexibility index (Phi) is 7.11. The molecule has 1 atom stereocenters. The van der Waals surface area contributed by atoms with E-state index in [-0.39, 0.29) is 25.4 Å². The number of aliphatic carboxylic acids is 1. The Labute approximate surface area is 122 Å². The molecule has 3 N–H and O–H groups in total. The molecule has 0 aromatic heterocycles. The number of amides is 1. The van der Waals surface area contributed by atoms with Gasteiger partial charge >= 0.3 is 5.97 Å². The zero-order valence-electron chi connectivity index (χ0n) is 11.3. The molecule has 0 aliphatic rings. The second kappa shape index (κ2) is 8.60. The molecule has 1 amide bonds. The maximum atomic E-state index is 11.8. The Bertz CT molecular complexity index is 447. The first-order valence-electron chi connectivity index (χ1n) is 6.41. The third kappa shape index (κ3) is 5.63. The van der Waals surface area contributed by atoms with Crippen LogP contribution in [0, 0.1) is 0 Å². The Morgan fingerprint density at radius 1 is 1.30 bits per heavy atom. The molecule has 0 bridgehead atoms. The monoisotopic (exact) mass is 297 g/mol. The van der Waals surface area contributed by atoms with E-state index in [1.54, 1.807) is 11.8 Å². The number of thioether (sulfide) groups is 1. The van der Waals surface area contributed by atoms with Crippen molar-refractivity contribution in [2.24, 2.45) is 0 Å². The number of hydrogen-bond donors (Lipinski definition) is 3. The number of hydrogen-bond acceptors (Lipinski definition) is 4. The predicted octanol–water partition coefficient (Wildman–Crippen LogP) is 1.29. The van der Waals surface area contributed by atoms with Gasteiger partial charge in [-0.3, -0.25) is 4.79 Å². The smallest absolute Gasteiger partial charge is 0.326 e. The van der Waals surface area contributed by atoms with Crippen LogP contribution in [0.4, 0.5) is 0 Å². The van der Waals surface area contributed by atoms with Crippen molar-refractivity contribution in [1.29, 1.82) is 0 Å². The number of rotatable bonds is 8. The first kappa shape index (κ1) is 16.5. The standard InChI is InChI=1S/C14H19NO4S/c1-2-20-11-5-3-10(4-6-11)9-13(17)15-12(7-8-16)14(18)19/h3-6,12,16H,2,7-9H2,1H3,(H,15,17)(H,18,19). The van der Waals surface area contributed by atoms with Crippen molar-refractivity contribution in [2.45, 2.75) is 30.7 Å². The van der Waals surface area contributed by atoms with Gasteiger partial charge in [0.15, 0.2) is 0 Å². The van der Waals surface area contributed by atoms with Gasteiger partial charge in [0.1, 0.15) is 6.04 Å². The number of carboxylic acid groups (broad SMARTS) is 1. The van der Waals surface area contributed by atoms with Crippen molar-refractivity contribution >= 4 is 23.6 Å². The van der Waals surface area contributed by atoms with E-state index in [9.17, 15) is 9.59 Å². The average Bonchev–Trinajstić information content (AvgIpc) is 2.40. The first-order valence-corrected chi connectivity index (χ1v) is 7.40. The summed E-state index contributed by atoms with van der Waals surface area (Å²) in [6, 6.07) is 6.57.